The molecule has 4 aromatic heterocycles. The van der Waals surface area contributed by atoms with Gasteiger partial charge in [0.15, 0.2) is 5.78 Å². The van der Waals surface area contributed by atoms with Crippen molar-refractivity contribution in [2.24, 2.45) is 0 Å². The molecule has 0 aromatic carbocycles. The first-order valence-electron chi connectivity index (χ1n) is 10.5. The Bertz CT molecular complexity index is 1060. The van der Waals surface area contributed by atoms with Gasteiger partial charge < -0.3 is 10.6 Å². The van der Waals surface area contributed by atoms with Crippen molar-refractivity contribution in [1.29, 1.82) is 0 Å². The molecule has 0 saturated carbocycles. The van der Waals surface area contributed by atoms with E-state index in [-0.39, 0.29) is 5.78 Å². The second-order valence-corrected chi connectivity index (χ2v) is 7.12. The molecule has 4 aromatic rings. The number of carbonyl (C=O) groups is 1. The molecule has 160 valence electrons. The lowest BCUT2D eigenvalue weighted by atomic mass is 10.0. The topological polar surface area (TPSA) is 92.7 Å². The summed E-state index contributed by atoms with van der Waals surface area (Å²) in [6, 6.07) is 18.8. The molecule has 7 nitrogen and oxygen atoms in total. The summed E-state index contributed by atoms with van der Waals surface area (Å²) in [6.45, 7) is 1.24. The zero-order valence-corrected chi connectivity index (χ0v) is 17.6. The molecular weight excluding hydrogens is 400 g/mol. The number of hydrogen-bond acceptors (Lipinski definition) is 7. The molecular formula is C25H24N6O. The van der Waals surface area contributed by atoms with E-state index in [0.717, 1.165) is 24.2 Å². The molecule has 32 heavy (non-hydrogen) atoms. The average Bonchev–Trinajstić information content (AvgIpc) is 2.86. The van der Waals surface area contributed by atoms with Gasteiger partial charge in [-0.3, -0.25) is 14.8 Å². The lowest BCUT2D eigenvalue weighted by molar-refractivity contribution is 0.103. The molecule has 4 heterocycles. The Morgan fingerprint density at radius 3 is 1.50 bits per heavy atom. The SMILES string of the molecule is O=C(c1cccnc1NCCc1ccccn1)c1cccnc1NCCc1ccccn1. The molecule has 0 saturated heterocycles. The monoisotopic (exact) mass is 424 g/mol. The molecule has 0 radical (unpaired) electrons. The van der Waals surface area contributed by atoms with Crippen LogP contribution in [0.4, 0.5) is 11.6 Å². The van der Waals surface area contributed by atoms with Crippen molar-refractivity contribution in [1.82, 2.24) is 19.9 Å². The van der Waals surface area contributed by atoms with Crippen LogP contribution < -0.4 is 10.6 Å². The molecule has 0 atom stereocenters. The molecule has 7 heteroatoms. The minimum absolute atomic E-state index is 0.133. The van der Waals surface area contributed by atoms with Crippen molar-refractivity contribution >= 4 is 17.4 Å². The Balaban J connectivity index is 1.45. The van der Waals surface area contributed by atoms with Crippen LogP contribution in [0.25, 0.3) is 0 Å². The highest BCUT2D eigenvalue weighted by Gasteiger charge is 2.18. The number of anilines is 2. The lowest BCUT2D eigenvalue weighted by Gasteiger charge is -2.13. The highest BCUT2D eigenvalue weighted by Crippen LogP contribution is 2.21. The van der Waals surface area contributed by atoms with Gasteiger partial charge in [0.25, 0.3) is 0 Å². The maximum Gasteiger partial charge on any atom is 0.200 e. The molecule has 2 N–H and O–H groups in total. The Kier molecular flexibility index (Phi) is 7.10. The van der Waals surface area contributed by atoms with E-state index >= 15 is 0 Å². The summed E-state index contributed by atoms with van der Waals surface area (Å²) in [5.41, 5.74) is 2.98. The Labute approximate surface area is 187 Å². The predicted molar refractivity (Wildman–Crippen MR) is 125 cm³/mol. The van der Waals surface area contributed by atoms with Crippen LogP contribution in [-0.4, -0.2) is 38.8 Å². The summed E-state index contributed by atoms with van der Waals surface area (Å²) < 4.78 is 0. The third kappa shape index (κ3) is 5.51. The summed E-state index contributed by atoms with van der Waals surface area (Å²) in [7, 11) is 0. The highest BCUT2D eigenvalue weighted by atomic mass is 16.1. The Morgan fingerprint density at radius 2 is 1.06 bits per heavy atom. The van der Waals surface area contributed by atoms with Crippen LogP contribution in [0.1, 0.15) is 27.3 Å². The maximum atomic E-state index is 13.4. The van der Waals surface area contributed by atoms with E-state index < -0.39 is 0 Å². The molecule has 0 spiro atoms. The van der Waals surface area contributed by atoms with E-state index in [1.54, 1.807) is 49.1 Å². The van der Waals surface area contributed by atoms with Crippen molar-refractivity contribution in [3.63, 3.8) is 0 Å². The first kappa shape index (κ1) is 21.1. The van der Waals surface area contributed by atoms with Crippen molar-refractivity contribution in [2.45, 2.75) is 12.8 Å². The summed E-state index contributed by atoms with van der Waals surface area (Å²) in [6.07, 6.45) is 8.37. The third-order valence-corrected chi connectivity index (χ3v) is 4.90. The van der Waals surface area contributed by atoms with E-state index in [1.807, 2.05) is 36.4 Å². The van der Waals surface area contributed by atoms with Gasteiger partial charge in [-0.2, -0.15) is 0 Å². The van der Waals surface area contributed by atoms with Crippen LogP contribution in [0.3, 0.4) is 0 Å². The first-order chi connectivity index (χ1) is 15.8. The van der Waals surface area contributed by atoms with E-state index in [9.17, 15) is 4.79 Å². The van der Waals surface area contributed by atoms with Gasteiger partial charge in [0, 0.05) is 62.1 Å². The first-order valence-corrected chi connectivity index (χ1v) is 10.5. The number of carbonyl (C=O) groups excluding carboxylic acids is 1. The fraction of sp³-hybridized carbons (Fsp3) is 0.160. The number of rotatable bonds is 10. The van der Waals surface area contributed by atoms with Gasteiger partial charge >= 0.3 is 0 Å². The van der Waals surface area contributed by atoms with E-state index in [2.05, 4.69) is 30.6 Å². The molecule has 0 aliphatic carbocycles. The standard InChI is InChI=1S/C25H24N6O/c32-23(21-9-5-15-28-24(21)30-17-11-19-7-1-3-13-26-19)22-10-6-16-29-25(22)31-18-12-20-8-2-4-14-27-20/h1-10,13-16H,11-12,17-18H2,(H,28,30)(H,29,31). The van der Waals surface area contributed by atoms with E-state index in [0.29, 0.717) is 35.9 Å². The van der Waals surface area contributed by atoms with E-state index in [4.69, 9.17) is 0 Å². The molecule has 0 aliphatic heterocycles. The normalized spacial score (nSPS) is 10.5. The molecule has 0 fully saturated rings. The number of nitrogens with one attached hydrogen (secondary N) is 2. The fourth-order valence-corrected chi connectivity index (χ4v) is 3.31. The molecule has 0 bridgehead atoms. The van der Waals surface area contributed by atoms with Crippen LogP contribution in [0.15, 0.2) is 85.5 Å². The molecule has 0 aliphatic rings. The lowest BCUT2D eigenvalue weighted by Crippen LogP contribution is -2.15. The van der Waals surface area contributed by atoms with Crippen LogP contribution in [-0.2, 0) is 12.8 Å². The fourth-order valence-electron chi connectivity index (χ4n) is 3.31. The van der Waals surface area contributed by atoms with Crippen molar-refractivity contribution in [3.05, 3.63) is 108 Å². The zero-order chi connectivity index (χ0) is 22.0. The number of aromatic nitrogens is 4. The van der Waals surface area contributed by atoms with Crippen molar-refractivity contribution in [2.75, 3.05) is 23.7 Å². The van der Waals surface area contributed by atoms with Gasteiger partial charge in [-0.15, -0.1) is 0 Å². The van der Waals surface area contributed by atoms with Gasteiger partial charge in [0.1, 0.15) is 11.6 Å². The quantitative estimate of drug-likeness (QED) is 0.374. The van der Waals surface area contributed by atoms with Crippen LogP contribution in [0.2, 0.25) is 0 Å². The minimum Gasteiger partial charge on any atom is -0.369 e. The molecule has 0 unspecified atom stereocenters. The maximum absolute atomic E-state index is 13.4. The number of hydrogen-bond donors (Lipinski definition) is 2. The smallest absolute Gasteiger partial charge is 0.200 e. The number of ketones is 1. The van der Waals surface area contributed by atoms with Crippen LogP contribution >= 0.6 is 0 Å². The Hall–Kier alpha value is -4.13. The van der Waals surface area contributed by atoms with Gasteiger partial charge in [0.05, 0.1) is 11.1 Å². The summed E-state index contributed by atoms with van der Waals surface area (Å²) in [5.74, 6) is 0.973. The summed E-state index contributed by atoms with van der Waals surface area (Å²) >= 11 is 0. The third-order valence-electron chi connectivity index (χ3n) is 4.90. The summed E-state index contributed by atoms with van der Waals surface area (Å²) in [5, 5.41) is 6.55. The van der Waals surface area contributed by atoms with E-state index in [1.165, 1.54) is 0 Å². The van der Waals surface area contributed by atoms with Gasteiger partial charge in [-0.25, -0.2) is 9.97 Å². The highest BCUT2D eigenvalue weighted by molar-refractivity contribution is 6.14. The Morgan fingerprint density at radius 1 is 0.594 bits per heavy atom. The molecule has 0 amide bonds. The van der Waals surface area contributed by atoms with Crippen LogP contribution in [0, 0.1) is 0 Å². The predicted octanol–water partition coefficient (Wildman–Crippen LogP) is 3.81. The molecule has 4 rings (SSSR count). The van der Waals surface area contributed by atoms with Gasteiger partial charge in [-0.05, 0) is 48.5 Å². The van der Waals surface area contributed by atoms with Crippen LogP contribution in [0.5, 0.6) is 0 Å². The number of nitrogens with zero attached hydrogens (tertiary/aromatic N) is 4. The van der Waals surface area contributed by atoms with Gasteiger partial charge in [0.2, 0.25) is 0 Å². The van der Waals surface area contributed by atoms with Crippen molar-refractivity contribution in [3.8, 4) is 0 Å². The minimum atomic E-state index is -0.133. The van der Waals surface area contributed by atoms with Crippen molar-refractivity contribution < 1.29 is 4.79 Å². The van der Waals surface area contributed by atoms with Gasteiger partial charge in [-0.1, -0.05) is 12.1 Å². The second kappa shape index (κ2) is 10.8. The number of pyridine rings is 4. The largest absolute Gasteiger partial charge is 0.369 e. The average molecular weight is 425 g/mol. The summed E-state index contributed by atoms with van der Waals surface area (Å²) in [4.78, 5) is 30.8. The second-order valence-electron chi connectivity index (χ2n) is 7.12. The zero-order valence-electron chi connectivity index (χ0n) is 17.6.